The Morgan fingerprint density at radius 3 is 2.35 bits per heavy atom. The van der Waals surface area contributed by atoms with Gasteiger partial charge in [0, 0.05) is 36.6 Å². The predicted octanol–water partition coefficient (Wildman–Crippen LogP) is 1.09. The molecule has 0 atom stereocenters. The Morgan fingerprint density at radius 2 is 1.95 bits per heavy atom. The Labute approximate surface area is 129 Å². The number of sulfone groups is 1. The lowest BCUT2D eigenvalue weighted by molar-refractivity contribution is 0.0770. The summed E-state index contributed by atoms with van der Waals surface area (Å²) in [5.74, 6) is -1.12. The topological polar surface area (TPSA) is 102 Å². The summed E-state index contributed by atoms with van der Waals surface area (Å²) in [7, 11) is -0.720. The quantitative estimate of drug-likeness (QED) is 0.676. The van der Waals surface area contributed by atoms with E-state index in [4.69, 9.17) is 15.1 Å². The van der Waals surface area contributed by atoms with Gasteiger partial charge in [0.1, 0.15) is 14.7 Å². The zero-order valence-electron chi connectivity index (χ0n) is 10.5. The maximum absolute atomic E-state index is 11.9. The van der Waals surface area contributed by atoms with Gasteiger partial charge in [-0.05, 0) is 15.9 Å². The van der Waals surface area contributed by atoms with Crippen LogP contribution < -0.4 is 0 Å². The molecule has 1 rings (SSSR count). The zero-order chi connectivity index (χ0) is 15.7. The van der Waals surface area contributed by atoms with Crippen LogP contribution in [0.15, 0.2) is 20.0 Å². The molecule has 0 saturated carbocycles. The zero-order valence-corrected chi connectivity index (χ0v) is 14.4. The molecule has 1 heterocycles. The standard InChI is InChI=1S/C9H11BrClNO6S2/c1-12(3-4-19(2,14)15)9(13)6-5-7(8(10)18-6)20(11,16)17/h5H,3-4H2,1-2H3. The van der Waals surface area contributed by atoms with Gasteiger partial charge in [-0.25, -0.2) is 16.8 Å². The van der Waals surface area contributed by atoms with Crippen LogP contribution >= 0.6 is 26.6 Å². The highest BCUT2D eigenvalue weighted by Gasteiger charge is 2.25. The van der Waals surface area contributed by atoms with Crippen molar-refractivity contribution in [2.24, 2.45) is 0 Å². The molecule has 1 aromatic rings. The molecule has 0 aromatic carbocycles. The molecule has 1 aromatic heterocycles. The Hall–Kier alpha value is -0.580. The lowest BCUT2D eigenvalue weighted by Crippen LogP contribution is -2.31. The van der Waals surface area contributed by atoms with E-state index < -0.39 is 24.8 Å². The second-order valence-corrected chi connectivity index (χ2v) is 9.56. The van der Waals surface area contributed by atoms with Crippen LogP contribution in [0.3, 0.4) is 0 Å². The smallest absolute Gasteiger partial charge is 0.289 e. The molecular formula is C9H11BrClNO6S2. The van der Waals surface area contributed by atoms with Gasteiger partial charge >= 0.3 is 0 Å². The molecule has 0 spiro atoms. The minimum absolute atomic E-state index is 0.0427. The minimum Gasteiger partial charge on any atom is -0.443 e. The highest BCUT2D eigenvalue weighted by molar-refractivity contribution is 9.10. The van der Waals surface area contributed by atoms with E-state index in [9.17, 15) is 21.6 Å². The summed E-state index contributed by atoms with van der Waals surface area (Å²) in [5.41, 5.74) is 0. The van der Waals surface area contributed by atoms with Gasteiger partial charge in [0.05, 0.1) is 5.75 Å². The van der Waals surface area contributed by atoms with Crippen molar-refractivity contribution in [1.82, 2.24) is 4.90 Å². The fraction of sp³-hybridized carbons (Fsp3) is 0.444. The lowest BCUT2D eigenvalue weighted by Gasteiger charge is -2.14. The molecule has 114 valence electrons. The van der Waals surface area contributed by atoms with Crippen molar-refractivity contribution in [3.05, 3.63) is 16.5 Å². The summed E-state index contributed by atoms with van der Waals surface area (Å²) in [4.78, 5) is 12.7. The number of furan rings is 1. The second-order valence-electron chi connectivity index (χ2n) is 4.04. The molecule has 7 nitrogen and oxygen atoms in total. The van der Waals surface area contributed by atoms with E-state index in [1.807, 2.05) is 0 Å². The first kappa shape index (κ1) is 17.5. The van der Waals surface area contributed by atoms with Crippen LogP contribution in [0.5, 0.6) is 0 Å². The average molecular weight is 409 g/mol. The SMILES string of the molecule is CN(CCS(C)(=O)=O)C(=O)c1cc(S(=O)(=O)Cl)c(Br)o1. The van der Waals surface area contributed by atoms with Crippen molar-refractivity contribution >= 4 is 51.4 Å². The number of hydrogen-bond donors (Lipinski definition) is 0. The molecule has 11 heteroatoms. The second kappa shape index (κ2) is 6.04. The van der Waals surface area contributed by atoms with Crippen molar-refractivity contribution < 1.29 is 26.0 Å². The number of carbonyl (C=O) groups is 1. The number of hydrogen-bond acceptors (Lipinski definition) is 6. The first-order chi connectivity index (χ1) is 8.92. The van der Waals surface area contributed by atoms with E-state index in [1.165, 1.54) is 7.05 Å². The molecule has 0 bridgehead atoms. The van der Waals surface area contributed by atoms with Gasteiger partial charge < -0.3 is 9.32 Å². The molecule has 0 radical (unpaired) electrons. The largest absolute Gasteiger partial charge is 0.443 e. The van der Waals surface area contributed by atoms with E-state index in [1.54, 1.807) is 0 Å². The van der Waals surface area contributed by atoms with Crippen LogP contribution in [0, 0.1) is 0 Å². The highest BCUT2D eigenvalue weighted by Crippen LogP contribution is 2.29. The normalized spacial score (nSPS) is 12.4. The Bertz CT molecular complexity index is 724. The molecule has 0 N–H and O–H groups in total. The summed E-state index contributed by atoms with van der Waals surface area (Å²) in [6.07, 6.45) is 1.05. The molecule has 0 aliphatic rings. The van der Waals surface area contributed by atoms with E-state index >= 15 is 0 Å². The van der Waals surface area contributed by atoms with Gasteiger partial charge in [-0.3, -0.25) is 4.79 Å². The third-order valence-electron chi connectivity index (χ3n) is 2.27. The Balaban J connectivity index is 2.94. The van der Waals surface area contributed by atoms with Gasteiger partial charge in [0.15, 0.2) is 10.4 Å². The molecular weight excluding hydrogens is 398 g/mol. The maximum atomic E-state index is 11.9. The number of halogens is 2. The Morgan fingerprint density at radius 1 is 1.40 bits per heavy atom. The number of carbonyl (C=O) groups excluding carboxylic acids is 1. The first-order valence-corrected chi connectivity index (χ1v) is 10.3. The predicted molar refractivity (Wildman–Crippen MR) is 76.1 cm³/mol. The summed E-state index contributed by atoms with van der Waals surface area (Å²) >= 11 is 2.84. The maximum Gasteiger partial charge on any atom is 0.289 e. The minimum atomic E-state index is -4.04. The fourth-order valence-electron chi connectivity index (χ4n) is 1.22. The third-order valence-corrected chi connectivity index (χ3v) is 5.38. The van der Waals surface area contributed by atoms with Gasteiger partial charge in [-0.15, -0.1) is 0 Å². The van der Waals surface area contributed by atoms with Crippen molar-refractivity contribution in [2.45, 2.75) is 4.90 Å². The molecule has 0 saturated heterocycles. The van der Waals surface area contributed by atoms with Crippen molar-refractivity contribution in [1.29, 1.82) is 0 Å². The van der Waals surface area contributed by atoms with Crippen molar-refractivity contribution in [2.75, 3.05) is 25.6 Å². The van der Waals surface area contributed by atoms with Crippen LogP contribution in [0.2, 0.25) is 0 Å². The molecule has 0 unspecified atom stereocenters. The van der Waals surface area contributed by atoms with E-state index in [0.717, 1.165) is 17.2 Å². The molecule has 0 fully saturated rings. The van der Waals surface area contributed by atoms with E-state index in [0.29, 0.717) is 0 Å². The summed E-state index contributed by atoms with van der Waals surface area (Å²) in [6, 6.07) is 0.978. The monoisotopic (exact) mass is 407 g/mol. The molecule has 0 aliphatic heterocycles. The fourth-order valence-corrected chi connectivity index (χ4v) is 3.85. The van der Waals surface area contributed by atoms with Gasteiger partial charge in [0.25, 0.3) is 15.0 Å². The van der Waals surface area contributed by atoms with Crippen LogP contribution in [0.4, 0.5) is 0 Å². The van der Waals surface area contributed by atoms with Crippen LogP contribution in [-0.2, 0) is 18.9 Å². The summed E-state index contributed by atoms with van der Waals surface area (Å²) < 4.78 is 49.2. The van der Waals surface area contributed by atoms with E-state index in [-0.39, 0.29) is 27.6 Å². The van der Waals surface area contributed by atoms with Crippen LogP contribution in [0.1, 0.15) is 10.6 Å². The van der Waals surface area contributed by atoms with Crippen molar-refractivity contribution in [3.8, 4) is 0 Å². The molecule has 0 aliphatic carbocycles. The number of rotatable bonds is 5. The molecule has 20 heavy (non-hydrogen) atoms. The van der Waals surface area contributed by atoms with Gasteiger partial charge in [-0.1, -0.05) is 0 Å². The molecule has 1 amide bonds. The van der Waals surface area contributed by atoms with Crippen LogP contribution in [-0.4, -0.2) is 53.2 Å². The summed E-state index contributed by atoms with van der Waals surface area (Å²) in [5, 5.41) is 0. The van der Waals surface area contributed by atoms with Crippen molar-refractivity contribution in [3.63, 3.8) is 0 Å². The average Bonchev–Trinajstić information content (AvgIpc) is 2.65. The van der Waals surface area contributed by atoms with Gasteiger partial charge in [0.2, 0.25) is 0 Å². The third kappa shape index (κ3) is 4.76. The Kier molecular flexibility index (Phi) is 5.28. The van der Waals surface area contributed by atoms with E-state index in [2.05, 4.69) is 15.9 Å². The van der Waals surface area contributed by atoms with Crippen LogP contribution in [0.25, 0.3) is 0 Å². The number of amides is 1. The first-order valence-electron chi connectivity index (χ1n) is 5.09. The highest BCUT2D eigenvalue weighted by atomic mass is 79.9. The van der Waals surface area contributed by atoms with Gasteiger partial charge in [-0.2, -0.15) is 0 Å². The summed E-state index contributed by atoms with van der Waals surface area (Å²) in [6.45, 7) is -0.0427. The number of nitrogens with zero attached hydrogens (tertiary/aromatic N) is 1. The lowest BCUT2D eigenvalue weighted by atomic mass is 10.4.